The van der Waals surface area contributed by atoms with E-state index in [1.165, 1.54) is 13.0 Å². The summed E-state index contributed by atoms with van der Waals surface area (Å²) >= 11 is 4.70. The molecule has 0 amide bonds. The van der Waals surface area contributed by atoms with Crippen LogP contribution in [0.15, 0.2) is 23.1 Å². The van der Waals surface area contributed by atoms with Gasteiger partial charge in [-0.2, -0.15) is 8.78 Å². The Bertz CT molecular complexity index is 679. The Morgan fingerprint density at radius 1 is 1.50 bits per heavy atom. The van der Waals surface area contributed by atoms with Crippen molar-refractivity contribution in [2.24, 2.45) is 5.73 Å². The fourth-order valence-corrected chi connectivity index (χ4v) is 2.70. The molecule has 108 valence electrons. The lowest BCUT2D eigenvalue weighted by atomic mass is 10.2. The zero-order valence-corrected chi connectivity index (χ0v) is 11.8. The first-order chi connectivity index (χ1) is 9.29. The second-order valence-electron chi connectivity index (χ2n) is 3.35. The molecule has 0 saturated carbocycles. The van der Waals surface area contributed by atoms with Gasteiger partial charge in [-0.15, -0.1) is 0 Å². The first kappa shape index (κ1) is 16.1. The molecule has 0 bridgehead atoms. The lowest BCUT2D eigenvalue weighted by Crippen LogP contribution is -2.24. The van der Waals surface area contributed by atoms with Gasteiger partial charge in [0.05, 0.1) is 5.56 Å². The van der Waals surface area contributed by atoms with Crippen molar-refractivity contribution in [3.8, 4) is 17.7 Å². The fourth-order valence-electron chi connectivity index (χ4n) is 1.35. The molecule has 5 nitrogen and oxygen atoms in total. The van der Waals surface area contributed by atoms with Gasteiger partial charge in [-0.1, -0.05) is 24.2 Å². The molecule has 0 aliphatic rings. The van der Waals surface area contributed by atoms with Crippen LogP contribution in [-0.4, -0.2) is 20.0 Å². The van der Waals surface area contributed by atoms with Crippen molar-refractivity contribution in [2.45, 2.75) is 18.4 Å². The lowest BCUT2D eigenvalue weighted by molar-refractivity contribution is -0.0501. The number of benzene rings is 1. The number of hydrogen-bond donors (Lipinski definition) is 2. The van der Waals surface area contributed by atoms with Gasteiger partial charge in [-0.05, 0) is 19.1 Å². The van der Waals surface area contributed by atoms with Crippen molar-refractivity contribution in [3.63, 3.8) is 0 Å². The van der Waals surface area contributed by atoms with Crippen molar-refractivity contribution < 1.29 is 21.9 Å². The van der Waals surface area contributed by atoms with E-state index in [0.717, 1.165) is 12.1 Å². The molecule has 9 heteroatoms. The molecule has 0 aromatic heterocycles. The number of ether oxygens (including phenoxy) is 1. The summed E-state index contributed by atoms with van der Waals surface area (Å²) in [6.45, 7) is -1.71. The fraction of sp³-hybridized carbons (Fsp3) is 0.182. The highest BCUT2D eigenvalue weighted by Crippen LogP contribution is 2.27. The standard InChI is InChI=1S/C11H10F2N2O3S2/c1-2-6-15-20(16,17)8-5-3-4-7(18-11(12)13)9(8)10(14)19/h3-5,11,15H,1H3,(H2,14,19). The molecule has 0 unspecified atom stereocenters. The van der Waals surface area contributed by atoms with Crippen LogP contribution in [0.2, 0.25) is 0 Å². The third-order valence-corrected chi connectivity index (χ3v) is 3.54. The highest BCUT2D eigenvalue weighted by molar-refractivity contribution is 7.90. The van der Waals surface area contributed by atoms with Crippen LogP contribution in [0.25, 0.3) is 0 Å². The quantitative estimate of drug-likeness (QED) is 0.484. The van der Waals surface area contributed by atoms with Gasteiger partial charge in [0.1, 0.15) is 15.6 Å². The SMILES string of the molecule is CC#CNS(=O)(=O)c1cccc(OC(F)F)c1C(N)=S. The van der Waals surface area contributed by atoms with Gasteiger partial charge in [0.2, 0.25) is 0 Å². The van der Waals surface area contributed by atoms with E-state index in [0.29, 0.717) is 0 Å². The maximum absolute atomic E-state index is 12.3. The van der Waals surface area contributed by atoms with Crippen LogP contribution >= 0.6 is 12.2 Å². The van der Waals surface area contributed by atoms with E-state index < -0.39 is 22.4 Å². The van der Waals surface area contributed by atoms with E-state index in [2.05, 4.69) is 16.7 Å². The van der Waals surface area contributed by atoms with E-state index in [1.807, 2.05) is 4.72 Å². The average Bonchev–Trinajstić information content (AvgIpc) is 2.35. The van der Waals surface area contributed by atoms with E-state index in [-0.39, 0.29) is 15.4 Å². The van der Waals surface area contributed by atoms with Crippen LogP contribution in [-0.2, 0) is 10.0 Å². The normalized spacial score (nSPS) is 10.6. The number of sulfonamides is 1. The summed E-state index contributed by atoms with van der Waals surface area (Å²) in [4.78, 5) is -0.767. The predicted molar refractivity (Wildman–Crippen MR) is 72.7 cm³/mol. The Kier molecular flexibility index (Phi) is 5.24. The Balaban J connectivity index is 3.46. The molecular formula is C11H10F2N2O3S2. The maximum Gasteiger partial charge on any atom is 0.387 e. The van der Waals surface area contributed by atoms with Gasteiger partial charge in [0.15, 0.2) is 0 Å². The summed E-state index contributed by atoms with van der Waals surface area (Å²) in [5.41, 5.74) is 5.10. The highest BCUT2D eigenvalue weighted by atomic mass is 32.2. The Hall–Kier alpha value is -1.92. The maximum atomic E-state index is 12.3. The second kappa shape index (κ2) is 6.49. The summed E-state index contributed by atoms with van der Waals surface area (Å²) in [7, 11) is -4.07. The number of thiocarbonyl (C=S) groups is 1. The number of hydrogen-bond acceptors (Lipinski definition) is 4. The molecule has 0 spiro atoms. The zero-order valence-electron chi connectivity index (χ0n) is 10.2. The number of nitrogens with one attached hydrogen (secondary N) is 1. The van der Waals surface area contributed by atoms with Gasteiger partial charge in [0.25, 0.3) is 10.0 Å². The largest absolute Gasteiger partial charge is 0.434 e. The Morgan fingerprint density at radius 2 is 2.15 bits per heavy atom. The van der Waals surface area contributed by atoms with Crippen LogP contribution in [0.5, 0.6) is 5.75 Å². The summed E-state index contributed by atoms with van der Waals surface area (Å²) in [5.74, 6) is 1.92. The molecule has 0 saturated heterocycles. The average molecular weight is 320 g/mol. The van der Waals surface area contributed by atoms with E-state index >= 15 is 0 Å². The molecular weight excluding hydrogens is 310 g/mol. The molecule has 0 aliphatic carbocycles. The van der Waals surface area contributed by atoms with Gasteiger partial charge in [-0.3, -0.25) is 0 Å². The molecule has 0 atom stereocenters. The van der Waals surface area contributed by atoms with E-state index in [4.69, 9.17) is 18.0 Å². The molecule has 0 heterocycles. The van der Waals surface area contributed by atoms with Crippen LogP contribution in [0.4, 0.5) is 8.78 Å². The number of halogens is 2. The third kappa shape index (κ3) is 3.79. The smallest absolute Gasteiger partial charge is 0.387 e. The third-order valence-electron chi connectivity index (χ3n) is 2.05. The monoisotopic (exact) mass is 320 g/mol. The summed E-state index contributed by atoms with van der Waals surface area (Å²) in [6, 6.07) is 5.69. The molecule has 0 fully saturated rings. The summed E-state index contributed by atoms with van der Waals surface area (Å²) in [6.07, 6.45) is 0. The summed E-state index contributed by atoms with van der Waals surface area (Å²) < 4.78 is 54.7. The second-order valence-corrected chi connectivity index (χ2v) is 5.44. The van der Waals surface area contributed by atoms with Crippen LogP contribution in [0.3, 0.4) is 0 Å². The van der Waals surface area contributed by atoms with Crippen molar-refractivity contribution >= 4 is 27.2 Å². The van der Waals surface area contributed by atoms with Gasteiger partial charge < -0.3 is 10.5 Å². The van der Waals surface area contributed by atoms with Crippen LogP contribution in [0.1, 0.15) is 12.5 Å². The van der Waals surface area contributed by atoms with Crippen molar-refractivity contribution in [2.75, 3.05) is 0 Å². The molecule has 0 aliphatic heterocycles. The van der Waals surface area contributed by atoms with Crippen molar-refractivity contribution in [1.29, 1.82) is 0 Å². The number of alkyl halides is 2. The minimum atomic E-state index is -4.07. The minimum Gasteiger partial charge on any atom is -0.434 e. The first-order valence-corrected chi connectivity index (χ1v) is 7.00. The molecule has 1 rings (SSSR count). The molecule has 0 radical (unpaired) electrons. The Labute approximate surface area is 120 Å². The van der Waals surface area contributed by atoms with E-state index in [9.17, 15) is 17.2 Å². The molecule has 1 aromatic rings. The topological polar surface area (TPSA) is 81.4 Å². The molecule has 1 aromatic carbocycles. The van der Waals surface area contributed by atoms with Crippen molar-refractivity contribution in [1.82, 2.24) is 4.72 Å². The Morgan fingerprint density at radius 3 is 2.65 bits per heavy atom. The summed E-state index contributed by atoms with van der Waals surface area (Å²) in [5, 5.41) is 0. The van der Waals surface area contributed by atoms with E-state index in [1.54, 1.807) is 0 Å². The lowest BCUT2D eigenvalue weighted by Gasteiger charge is -2.13. The predicted octanol–water partition coefficient (Wildman–Crippen LogP) is 1.18. The molecule has 20 heavy (non-hydrogen) atoms. The van der Waals surface area contributed by atoms with Crippen LogP contribution < -0.4 is 15.2 Å². The van der Waals surface area contributed by atoms with Crippen LogP contribution in [0, 0.1) is 12.0 Å². The van der Waals surface area contributed by atoms with Crippen molar-refractivity contribution in [3.05, 3.63) is 23.8 Å². The van der Waals surface area contributed by atoms with Gasteiger partial charge in [0, 0.05) is 6.04 Å². The zero-order chi connectivity index (χ0) is 15.3. The minimum absolute atomic E-state index is 0.298. The number of nitrogens with two attached hydrogens (primary N) is 1. The number of rotatable bonds is 5. The molecule has 3 N–H and O–H groups in total. The van der Waals surface area contributed by atoms with Gasteiger partial charge >= 0.3 is 6.61 Å². The highest BCUT2D eigenvalue weighted by Gasteiger charge is 2.23. The van der Waals surface area contributed by atoms with Gasteiger partial charge in [-0.25, -0.2) is 13.1 Å². The first-order valence-electron chi connectivity index (χ1n) is 5.10.